The van der Waals surface area contributed by atoms with Gasteiger partial charge in [0.15, 0.2) is 0 Å². The molecule has 1 fully saturated rings. The first kappa shape index (κ1) is 17.4. The van der Waals surface area contributed by atoms with Gasteiger partial charge in [0.05, 0.1) is 4.90 Å². The summed E-state index contributed by atoms with van der Waals surface area (Å²) in [6.07, 6.45) is 3.00. The van der Waals surface area contributed by atoms with Crippen LogP contribution in [-0.2, 0) is 10.0 Å². The average molecular weight is 439 g/mol. The highest BCUT2D eigenvalue weighted by Gasteiger charge is 2.29. The lowest BCUT2D eigenvalue weighted by atomic mass is 9.89. The molecule has 0 amide bonds. The zero-order valence-corrected chi connectivity index (χ0v) is 16.3. The Morgan fingerprint density at radius 3 is 2.57 bits per heavy atom. The molecule has 0 N–H and O–H groups in total. The third-order valence-electron chi connectivity index (χ3n) is 4.19. The molecule has 6 heteroatoms. The second-order valence-corrected chi connectivity index (χ2v) is 9.59. The van der Waals surface area contributed by atoms with E-state index in [1.165, 1.54) is 0 Å². The van der Waals surface area contributed by atoms with Crippen LogP contribution in [0, 0.1) is 11.8 Å². The summed E-state index contributed by atoms with van der Waals surface area (Å²) in [5, 5.41) is 0. The minimum atomic E-state index is -3.43. The molecule has 1 saturated heterocycles. The van der Waals surface area contributed by atoms with Crippen LogP contribution in [0.3, 0.4) is 0 Å². The van der Waals surface area contributed by atoms with E-state index in [1.807, 2.05) is 6.07 Å². The van der Waals surface area contributed by atoms with Crippen molar-refractivity contribution in [3.8, 4) is 0 Å². The lowest BCUT2D eigenvalue weighted by Crippen LogP contribution is -2.32. The van der Waals surface area contributed by atoms with Gasteiger partial charge in [0, 0.05) is 22.0 Å². The molecule has 3 nitrogen and oxygen atoms in total. The molecule has 1 unspecified atom stereocenters. The van der Waals surface area contributed by atoms with E-state index in [2.05, 4.69) is 45.7 Å². The molecule has 1 aliphatic heterocycles. The highest BCUT2D eigenvalue weighted by atomic mass is 79.9. The lowest BCUT2D eigenvalue weighted by Gasteiger charge is -2.22. The molecular formula is C15H21Br2NO2S. The van der Waals surface area contributed by atoms with E-state index >= 15 is 0 Å². The summed E-state index contributed by atoms with van der Waals surface area (Å²) in [6, 6.07) is 5.27. The summed E-state index contributed by atoms with van der Waals surface area (Å²) >= 11 is 6.71. The zero-order valence-electron chi connectivity index (χ0n) is 12.4. The van der Waals surface area contributed by atoms with Crippen LogP contribution >= 0.6 is 31.9 Å². The van der Waals surface area contributed by atoms with Crippen LogP contribution in [0.2, 0.25) is 0 Å². The van der Waals surface area contributed by atoms with Crippen LogP contribution < -0.4 is 0 Å². The number of hydrogen-bond acceptors (Lipinski definition) is 2. The molecule has 2 rings (SSSR count). The first-order valence-electron chi connectivity index (χ1n) is 7.27. The largest absolute Gasteiger partial charge is 0.244 e. The Labute approximate surface area is 144 Å². The quantitative estimate of drug-likeness (QED) is 0.688. The van der Waals surface area contributed by atoms with Crippen LogP contribution in [-0.4, -0.2) is 25.8 Å². The molecule has 0 radical (unpaired) electrons. The Morgan fingerprint density at radius 1 is 1.19 bits per heavy atom. The molecule has 118 valence electrons. The molecule has 1 heterocycles. The first-order chi connectivity index (χ1) is 9.82. The molecule has 1 atom stereocenters. The Hall–Kier alpha value is 0.0900. The van der Waals surface area contributed by atoms with E-state index in [4.69, 9.17) is 0 Å². The number of nitrogens with zero attached hydrogens (tertiary/aromatic N) is 1. The van der Waals surface area contributed by atoms with Crippen molar-refractivity contribution in [2.24, 2.45) is 11.8 Å². The molecule has 0 saturated carbocycles. The van der Waals surface area contributed by atoms with Crippen LogP contribution in [0.25, 0.3) is 0 Å². The van der Waals surface area contributed by atoms with Crippen LogP contribution in [0.4, 0.5) is 0 Å². The van der Waals surface area contributed by atoms with Gasteiger partial charge in [-0.1, -0.05) is 29.8 Å². The Balaban J connectivity index is 2.25. The molecular weight excluding hydrogens is 418 g/mol. The molecule has 1 aromatic carbocycles. The molecule has 21 heavy (non-hydrogen) atoms. The monoisotopic (exact) mass is 437 g/mol. The maximum absolute atomic E-state index is 12.9. The van der Waals surface area contributed by atoms with Gasteiger partial charge in [-0.2, -0.15) is 4.31 Å². The van der Waals surface area contributed by atoms with Crippen LogP contribution in [0.1, 0.15) is 33.1 Å². The normalized spacial score (nSPS) is 21.5. The highest BCUT2D eigenvalue weighted by Crippen LogP contribution is 2.31. The van der Waals surface area contributed by atoms with Crippen molar-refractivity contribution in [2.75, 3.05) is 13.1 Å². The maximum Gasteiger partial charge on any atom is 0.244 e. The fourth-order valence-electron chi connectivity index (χ4n) is 2.82. The topological polar surface area (TPSA) is 37.4 Å². The van der Waals surface area contributed by atoms with Gasteiger partial charge in [0.2, 0.25) is 10.0 Å². The summed E-state index contributed by atoms with van der Waals surface area (Å²) in [5.74, 6) is 1.24. The van der Waals surface area contributed by atoms with Gasteiger partial charge in [-0.05, 0) is 65.2 Å². The standard InChI is InChI=1S/C15H21Br2NO2S/c1-11(2)12-4-3-8-18(9-7-12)21(19,20)15-10-13(16)5-6-14(15)17/h5-6,10-12H,3-4,7-9H2,1-2H3. The van der Waals surface area contributed by atoms with E-state index < -0.39 is 10.0 Å². The smallest absolute Gasteiger partial charge is 0.207 e. The van der Waals surface area contributed by atoms with Crippen molar-refractivity contribution < 1.29 is 8.42 Å². The van der Waals surface area contributed by atoms with Gasteiger partial charge < -0.3 is 0 Å². The summed E-state index contributed by atoms with van der Waals surface area (Å²) in [5.41, 5.74) is 0. The van der Waals surface area contributed by atoms with Gasteiger partial charge in [-0.25, -0.2) is 8.42 Å². The number of benzene rings is 1. The van der Waals surface area contributed by atoms with Gasteiger partial charge in [0.1, 0.15) is 0 Å². The van der Waals surface area contributed by atoms with Crippen LogP contribution in [0.5, 0.6) is 0 Å². The molecule has 1 aromatic rings. The van der Waals surface area contributed by atoms with E-state index in [-0.39, 0.29) is 0 Å². The van der Waals surface area contributed by atoms with Crippen LogP contribution in [0.15, 0.2) is 32.0 Å². The Bertz CT molecular complexity index is 602. The first-order valence-corrected chi connectivity index (χ1v) is 10.3. The van der Waals surface area contributed by atoms with Gasteiger partial charge in [0.25, 0.3) is 0 Å². The maximum atomic E-state index is 12.9. The van der Waals surface area contributed by atoms with Crippen molar-refractivity contribution in [1.82, 2.24) is 4.31 Å². The summed E-state index contributed by atoms with van der Waals surface area (Å²) < 4.78 is 28.8. The lowest BCUT2D eigenvalue weighted by molar-refractivity contribution is 0.340. The molecule has 0 spiro atoms. The Morgan fingerprint density at radius 2 is 1.90 bits per heavy atom. The number of hydrogen-bond donors (Lipinski definition) is 0. The number of sulfonamides is 1. The second-order valence-electron chi connectivity index (χ2n) is 5.91. The predicted molar refractivity (Wildman–Crippen MR) is 92.8 cm³/mol. The van der Waals surface area contributed by atoms with E-state index in [1.54, 1.807) is 16.4 Å². The fraction of sp³-hybridized carbons (Fsp3) is 0.600. The zero-order chi connectivity index (χ0) is 15.6. The summed E-state index contributed by atoms with van der Waals surface area (Å²) in [4.78, 5) is 0.347. The van der Waals surface area contributed by atoms with Gasteiger partial charge >= 0.3 is 0 Å². The Kier molecular flexibility index (Phi) is 5.91. The van der Waals surface area contributed by atoms with Crippen molar-refractivity contribution in [2.45, 2.75) is 38.0 Å². The highest BCUT2D eigenvalue weighted by molar-refractivity contribution is 9.11. The van der Waals surface area contributed by atoms with Gasteiger partial charge in [-0.3, -0.25) is 0 Å². The number of halogens is 2. The molecule has 0 aliphatic carbocycles. The second kappa shape index (κ2) is 7.11. The predicted octanol–water partition coefficient (Wildman–Crippen LogP) is 4.66. The minimum Gasteiger partial charge on any atom is -0.207 e. The van der Waals surface area contributed by atoms with Crippen molar-refractivity contribution in [1.29, 1.82) is 0 Å². The average Bonchev–Trinajstić information content (AvgIpc) is 2.67. The molecule has 0 aromatic heterocycles. The van der Waals surface area contributed by atoms with Gasteiger partial charge in [-0.15, -0.1) is 0 Å². The van der Waals surface area contributed by atoms with Crippen molar-refractivity contribution in [3.05, 3.63) is 27.1 Å². The third-order valence-corrected chi connectivity index (χ3v) is 7.57. The number of rotatable bonds is 3. The van der Waals surface area contributed by atoms with Crippen molar-refractivity contribution in [3.63, 3.8) is 0 Å². The van der Waals surface area contributed by atoms with E-state index in [9.17, 15) is 8.42 Å². The summed E-state index contributed by atoms with van der Waals surface area (Å²) in [6.45, 7) is 5.67. The molecule has 0 bridgehead atoms. The molecule has 1 aliphatic rings. The SMILES string of the molecule is CC(C)C1CCCN(S(=O)(=O)c2cc(Br)ccc2Br)CC1. The summed E-state index contributed by atoms with van der Waals surface area (Å²) in [7, 11) is -3.43. The van der Waals surface area contributed by atoms with Crippen molar-refractivity contribution >= 4 is 41.9 Å². The van der Waals surface area contributed by atoms with E-state index in [0.29, 0.717) is 34.3 Å². The minimum absolute atomic E-state index is 0.347. The fourth-order valence-corrected chi connectivity index (χ4v) is 5.77. The van der Waals surface area contributed by atoms with E-state index in [0.717, 1.165) is 23.7 Å². The third kappa shape index (κ3) is 4.09.